The molecule has 12 heavy (non-hydrogen) atoms. The molecule has 2 heteroatoms. The number of hydrogen-bond acceptors (Lipinski definition) is 1. The topological polar surface area (TPSA) is 20.2 Å². The molecule has 0 saturated carbocycles. The van der Waals surface area contributed by atoms with Crippen molar-refractivity contribution in [3.05, 3.63) is 12.3 Å². The highest BCUT2D eigenvalue weighted by Gasteiger charge is 2.14. The first-order valence-electron chi connectivity index (χ1n) is 4.87. The molecule has 0 aliphatic carbocycles. The minimum atomic E-state index is -1.04. The molecule has 1 nitrogen and oxygen atoms in total. The smallest absolute Gasteiger partial charge is 0.0709 e. The molecule has 0 aliphatic rings. The molecule has 0 bridgehead atoms. The van der Waals surface area contributed by atoms with Crippen LogP contribution in [0.25, 0.3) is 0 Å². The molecule has 0 aromatic rings. The van der Waals surface area contributed by atoms with Crippen molar-refractivity contribution in [2.24, 2.45) is 0 Å². The highest BCUT2D eigenvalue weighted by Crippen LogP contribution is 2.15. The Morgan fingerprint density at radius 2 is 1.75 bits per heavy atom. The van der Waals surface area contributed by atoms with Gasteiger partial charge in [0.25, 0.3) is 0 Å². The van der Waals surface area contributed by atoms with E-state index in [1.165, 1.54) is 25.3 Å². The summed E-state index contributed by atoms with van der Waals surface area (Å²) in [5.74, 6) is 0. The Balaban J connectivity index is 3.25. The number of hydrogen-bond donors (Lipinski definition) is 1. The third-order valence-corrected chi connectivity index (χ3v) is 5.03. The van der Waals surface area contributed by atoms with Crippen molar-refractivity contribution >= 4 is 8.07 Å². The van der Waals surface area contributed by atoms with Gasteiger partial charge < -0.3 is 5.11 Å². The molecular weight excluding hydrogens is 164 g/mol. The summed E-state index contributed by atoms with van der Waals surface area (Å²) >= 11 is 0. The van der Waals surface area contributed by atoms with Gasteiger partial charge in [0.1, 0.15) is 0 Å². The first kappa shape index (κ1) is 11.9. The highest BCUT2D eigenvalue weighted by molar-refractivity contribution is 6.82. The van der Waals surface area contributed by atoms with E-state index < -0.39 is 8.07 Å². The molecule has 0 amide bonds. The lowest BCUT2D eigenvalue weighted by Crippen LogP contribution is -2.21. The summed E-state index contributed by atoms with van der Waals surface area (Å²) < 4.78 is 0. The predicted molar refractivity (Wildman–Crippen MR) is 58.0 cm³/mol. The van der Waals surface area contributed by atoms with Crippen molar-refractivity contribution in [3.8, 4) is 0 Å². The van der Waals surface area contributed by atoms with Crippen LogP contribution in [0.3, 0.4) is 0 Å². The van der Waals surface area contributed by atoms with Crippen molar-refractivity contribution in [1.29, 1.82) is 0 Å². The second kappa shape index (κ2) is 6.43. The standard InChI is InChI=1S/C10H22OSi/c1-4-12(2,3)10-8-6-5-7-9-11/h4,11H,1,5-10H2,2-3H3. The predicted octanol–water partition coefficient (Wildman–Crippen LogP) is 2.97. The van der Waals surface area contributed by atoms with Crippen LogP contribution in [0.2, 0.25) is 19.1 Å². The van der Waals surface area contributed by atoms with Gasteiger partial charge in [0.2, 0.25) is 0 Å². The number of rotatable bonds is 7. The van der Waals surface area contributed by atoms with E-state index in [1.54, 1.807) is 0 Å². The Labute approximate surface area is 77.5 Å². The highest BCUT2D eigenvalue weighted by atomic mass is 28.3. The lowest BCUT2D eigenvalue weighted by Gasteiger charge is -2.16. The third-order valence-electron chi connectivity index (χ3n) is 2.28. The Hall–Kier alpha value is -0.0831. The van der Waals surface area contributed by atoms with Gasteiger partial charge in [-0.1, -0.05) is 38.4 Å². The number of aliphatic hydroxyl groups excluding tert-OH is 1. The van der Waals surface area contributed by atoms with E-state index in [4.69, 9.17) is 5.11 Å². The summed E-state index contributed by atoms with van der Waals surface area (Å²) in [5.41, 5.74) is 2.17. The molecule has 0 spiro atoms. The molecule has 0 rings (SSSR count). The molecule has 0 radical (unpaired) electrons. The molecule has 0 heterocycles. The molecule has 0 unspecified atom stereocenters. The van der Waals surface area contributed by atoms with Crippen molar-refractivity contribution in [1.82, 2.24) is 0 Å². The van der Waals surface area contributed by atoms with E-state index in [1.807, 2.05) is 0 Å². The summed E-state index contributed by atoms with van der Waals surface area (Å²) in [6.07, 6.45) is 4.73. The largest absolute Gasteiger partial charge is 0.396 e. The Morgan fingerprint density at radius 1 is 1.17 bits per heavy atom. The monoisotopic (exact) mass is 186 g/mol. The van der Waals surface area contributed by atoms with Gasteiger partial charge in [-0.25, -0.2) is 0 Å². The van der Waals surface area contributed by atoms with Crippen LogP contribution in [0, 0.1) is 0 Å². The van der Waals surface area contributed by atoms with E-state index in [9.17, 15) is 0 Å². The van der Waals surface area contributed by atoms with Gasteiger partial charge in [-0.15, -0.1) is 12.3 Å². The molecule has 0 aromatic heterocycles. The van der Waals surface area contributed by atoms with Gasteiger partial charge in [-0.3, -0.25) is 0 Å². The van der Waals surface area contributed by atoms with Gasteiger partial charge in [-0.2, -0.15) is 0 Å². The number of aliphatic hydroxyl groups is 1. The fourth-order valence-electron chi connectivity index (χ4n) is 1.15. The summed E-state index contributed by atoms with van der Waals surface area (Å²) in [5, 5.41) is 8.56. The third kappa shape index (κ3) is 6.62. The van der Waals surface area contributed by atoms with Crippen LogP contribution < -0.4 is 0 Å². The maximum Gasteiger partial charge on any atom is 0.0709 e. The van der Waals surface area contributed by atoms with E-state index >= 15 is 0 Å². The lowest BCUT2D eigenvalue weighted by atomic mass is 10.2. The molecule has 0 aliphatic heterocycles. The van der Waals surface area contributed by atoms with Crippen LogP contribution in [0.15, 0.2) is 12.3 Å². The molecule has 72 valence electrons. The molecular formula is C10H22OSi. The summed E-state index contributed by atoms with van der Waals surface area (Å²) in [4.78, 5) is 0. The van der Waals surface area contributed by atoms with Crippen LogP contribution in [0.5, 0.6) is 0 Å². The second-order valence-corrected chi connectivity index (χ2v) is 8.97. The maximum absolute atomic E-state index is 8.56. The fraction of sp³-hybridized carbons (Fsp3) is 0.800. The average molecular weight is 186 g/mol. The van der Waals surface area contributed by atoms with Crippen LogP contribution in [-0.4, -0.2) is 19.8 Å². The van der Waals surface area contributed by atoms with Gasteiger partial charge in [0, 0.05) is 6.61 Å². The van der Waals surface area contributed by atoms with Crippen molar-refractivity contribution in [3.63, 3.8) is 0 Å². The summed E-state index contributed by atoms with van der Waals surface area (Å²) in [6.45, 7) is 8.93. The average Bonchev–Trinajstić information content (AvgIpc) is 2.04. The Bertz CT molecular complexity index is 121. The first-order valence-corrected chi connectivity index (χ1v) is 8.15. The van der Waals surface area contributed by atoms with Gasteiger partial charge >= 0.3 is 0 Å². The number of unbranched alkanes of at least 4 members (excludes halogenated alkanes) is 3. The van der Waals surface area contributed by atoms with Crippen LogP contribution in [0.4, 0.5) is 0 Å². The zero-order valence-corrected chi connectivity index (χ0v) is 9.47. The fourth-order valence-corrected chi connectivity index (χ4v) is 2.51. The maximum atomic E-state index is 8.56. The molecule has 0 fully saturated rings. The van der Waals surface area contributed by atoms with Crippen LogP contribution in [0.1, 0.15) is 25.7 Å². The quantitative estimate of drug-likeness (QED) is 0.479. The molecule has 0 saturated heterocycles. The van der Waals surface area contributed by atoms with Crippen molar-refractivity contribution in [2.45, 2.75) is 44.8 Å². The van der Waals surface area contributed by atoms with E-state index in [2.05, 4.69) is 25.4 Å². The molecule has 0 aromatic carbocycles. The van der Waals surface area contributed by atoms with E-state index in [0.29, 0.717) is 6.61 Å². The van der Waals surface area contributed by atoms with Gasteiger partial charge in [0.05, 0.1) is 8.07 Å². The summed E-state index contributed by atoms with van der Waals surface area (Å²) in [6, 6.07) is 1.35. The first-order chi connectivity index (χ1) is 5.62. The Morgan fingerprint density at radius 3 is 2.25 bits per heavy atom. The van der Waals surface area contributed by atoms with Gasteiger partial charge in [-0.05, 0) is 6.42 Å². The van der Waals surface area contributed by atoms with Crippen molar-refractivity contribution < 1.29 is 5.11 Å². The van der Waals surface area contributed by atoms with Crippen LogP contribution >= 0.6 is 0 Å². The van der Waals surface area contributed by atoms with Crippen LogP contribution in [-0.2, 0) is 0 Å². The Kier molecular flexibility index (Phi) is 6.39. The SMILES string of the molecule is C=C[Si](C)(C)CCCCCCO. The van der Waals surface area contributed by atoms with E-state index in [-0.39, 0.29) is 0 Å². The minimum Gasteiger partial charge on any atom is -0.396 e. The summed E-state index contributed by atoms with van der Waals surface area (Å²) in [7, 11) is -1.04. The van der Waals surface area contributed by atoms with Crippen molar-refractivity contribution in [2.75, 3.05) is 6.61 Å². The normalized spacial score (nSPS) is 11.6. The molecule has 0 atom stereocenters. The molecule has 1 N–H and O–H groups in total. The lowest BCUT2D eigenvalue weighted by molar-refractivity contribution is 0.283. The van der Waals surface area contributed by atoms with Gasteiger partial charge in [0.15, 0.2) is 0 Å². The second-order valence-electron chi connectivity index (χ2n) is 4.08. The van der Waals surface area contributed by atoms with E-state index in [0.717, 1.165) is 6.42 Å². The zero-order valence-electron chi connectivity index (χ0n) is 8.47. The minimum absolute atomic E-state index is 0.349. The zero-order chi connectivity index (χ0) is 9.45.